The van der Waals surface area contributed by atoms with Gasteiger partial charge < -0.3 is 4.42 Å². The molecular weight excluding hydrogens is 725 g/mol. The highest BCUT2D eigenvalue weighted by Gasteiger charge is 2.37. The lowest BCUT2D eigenvalue weighted by Crippen LogP contribution is -2.14. The van der Waals surface area contributed by atoms with Crippen molar-refractivity contribution in [3.05, 3.63) is 205 Å². The average molecular weight is 763 g/mol. The van der Waals surface area contributed by atoms with Crippen molar-refractivity contribution in [1.29, 1.82) is 0 Å². The molecule has 1 aliphatic carbocycles. The van der Waals surface area contributed by atoms with Crippen LogP contribution in [0.3, 0.4) is 0 Å². The molecule has 0 N–H and O–H groups in total. The van der Waals surface area contributed by atoms with Gasteiger partial charge in [-0.2, -0.15) is 0 Å². The molecule has 0 spiro atoms. The van der Waals surface area contributed by atoms with Crippen molar-refractivity contribution >= 4 is 75.8 Å². The fraction of sp³-hybridized carbons (Fsp3) is 0.0508. The van der Waals surface area contributed by atoms with Crippen LogP contribution in [0.5, 0.6) is 0 Å². The summed E-state index contributed by atoms with van der Waals surface area (Å²) in [6, 6.07) is 71.9. The number of hydrogen-bond donors (Lipinski definition) is 0. The Hall–Kier alpha value is -7.48. The maximum atomic E-state index is 7.06. The summed E-state index contributed by atoms with van der Waals surface area (Å²) in [5.74, 6) is 0. The van der Waals surface area contributed by atoms with E-state index in [-0.39, 0.29) is 5.41 Å². The Morgan fingerprint density at radius 1 is 0.283 bits per heavy atom. The molecule has 11 aromatic carbocycles. The van der Waals surface area contributed by atoms with Gasteiger partial charge in [0.1, 0.15) is 11.2 Å². The maximum absolute atomic E-state index is 7.06. The standard InChI is InChI=1S/C59H38O/c1-59(2)52-29-14-13-27-49(52)56-53(59)33-32-48-51-34-50(39-21-7-12-26-47(39)57(51)60-58(48)56)40-30-31-46(38-20-6-5-19-37(38)40)55-44-24-10-8-22-42(44)54(43-23-9-11-25-45(43)55)41-28-15-17-35-16-3-4-18-36(35)41/h3-34H,1-2H3. The van der Waals surface area contributed by atoms with Crippen LogP contribution in [0.15, 0.2) is 199 Å². The zero-order valence-electron chi connectivity index (χ0n) is 33.4. The van der Waals surface area contributed by atoms with Gasteiger partial charge in [0.2, 0.25) is 0 Å². The summed E-state index contributed by atoms with van der Waals surface area (Å²) in [6.45, 7) is 4.67. The second-order valence-electron chi connectivity index (χ2n) is 17.1. The van der Waals surface area contributed by atoms with Crippen LogP contribution in [0.25, 0.3) is 120 Å². The third-order valence-corrected chi connectivity index (χ3v) is 13.7. The lowest BCUT2D eigenvalue weighted by molar-refractivity contribution is 0.654. The minimum atomic E-state index is -0.0973. The fourth-order valence-electron chi connectivity index (χ4n) is 11.0. The highest BCUT2D eigenvalue weighted by Crippen LogP contribution is 2.54. The molecule has 1 aromatic heterocycles. The molecule has 0 unspecified atom stereocenters. The van der Waals surface area contributed by atoms with Crippen LogP contribution >= 0.6 is 0 Å². The van der Waals surface area contributed by atoms with Gasteiger partial charge >= 0.3 is 0 Å². The second-order valence-corrected chi connectivity index (χ2v) is 17.1. The van der Waals surface area contributed by atoms with Gasteiger partial charge in [-0.3, -0.25) is 0 Å². The summed E-state index contributed by atoms with van der Waals surface area (Å²) < 4.78 is 7.06. The topological polar surface area (TPSA) is 13.1 Å². The minimum absolute atomic E-state index is 0.0973. The number of benzene rings is 11. The third kappa shape index (κ3) is 4.47. The average Bonchev–Trinajstić information content (AvgIpc) is 3.79. The normalized spacial score (nSPS) is 13.3. The molecule has 12 aromatic rings. The largest absolute Gasteiger partial charge is 0.455 e. The van der Waals surface area contributed by atoms with Crippen molar-refractivity contribution in [3.63, 3.8) is 0 Å². The summed E-state index contributed by atoms with van der Waals surface area (Å²) in [5.41, 5.74) is 14.5. The molecule has 280 valence electrons. The molecule has 0 aliphatic heterocycles. The zero-order valence-corrected chi connectivity index (χ0v) is 33.4. The van der Waals surface area contributed by atoms with Crippen molar-refractivity contribution in [2.75, 3.05) is 0 Å². The van der Waals surface area contributed by atoms with E-state index in [0.29, 0.717) is 0 Å². The monoisotopic (exact) mass is 762 g/mol. The van der Waals surface area contributed by atoms with E-state index in [9.17, 15) is 0 Å². The van der Waals surface area contributed by atoms with Crippen molar-refractivity contribution < 1.29 is 4.42 Å². The lowest BCUT2D eigenvalue weighted by Gasteiger charge is -2.21. The van der Waals surface area contributed by atoms with Crippen molar-refractivity contribution in [2.45, 2.75) is 19.3 Å². The summed E-state index contributed by atoms with van der Waals surface area (Å²) in [7, 11) is 0. The fourth-order valence-corrected chi connectivity index (χ4v) is 11.0. The van der Waals surface area contributed by atoms with Gasteiger partial charge in [-0.05, 0) is 105 Å². The molecule has 60 heavy (non-hydrogen) atoms. The highest BCUT2D eigenvalue weighted by atomic mass is 16.3. The van der Waals surface area contributed by atoms with E-state index in [0.717, 1.165) is 27.3 Å². The molecule has 1 heterocycles. The Kier molecular flexibility index (Phi) is 6.85. The molecular formula is C59H38O. The molecule has 0 saturated heterocycles. The van der Waals surface area contributed by atoms with Gasteiger partial charge in [0.15, 0.2) is 0 Å². The summed E-state index contributed by atoms with van der Waals surface area (Å²) >= 11 is 0. The van der Waals surface area contributed by atoms with Gasteiger partial charge in [-0.15, -0.1) is 0 Å². The highest BCUT2D eigenvalue weighted by molar-refractivity contribution is 6.27. The first-order chi connectivity index (χ1) is 29.6. The molecule has 1 heteroatoms. The first kappa shape index (κ1) is 33.5. The quantitative estimate of drug-likeness (QED) is 0.163. The van der Waals surface area contributed by atoms with Crippen LogP contribution < -0.4 is 0 Å². The second kappa shape index (κ2) is 12.3. The molecule has 0 bridgehead atoms. The van der Waals surface area contributed by atoms with Crippen LogP contribution in [0.2, 0.25) is 0 Å². The first-order valence-electron chi connectivity index (χ1n) is 21.0. The molecule has 0 saturated carbocycles. The van der Waals surface area contributed by atoms with Crippen LogP contribution in [-0.2, 0) is 5.41 Å². The number of fused-ring (bicyclic) bond motifs is 13. The van der Waals surface area contributed by atoms with Crippen molar-refractivity contribution in [1.82, 2.24) is 0 Å². The SMILES string of the molecule is CC1(C)c2ccccc2-c2c1ccc1c2oc2c3ccccc3c(-c3ccc(-c4c5ccccc5c(-c5cccc6ccccc56)c5ccccc45)c4ccccc34)cc12. The third-order valence-electron chi connectivity index (χ3n) is 13.7. The number of hydrogen-bond acceptors (Lipinski definition) is 1. The molecule has 0 amide bonds. The van der Waals surface area contributed by atoms with Crippen LogP contribution in [0.4, 0.5) is 0 Å². The predicted octanol–water partition coefficient (Wildman–Crippen LogP) is 16.7. The Morgan fingerprint density at radius 2 is 0.750 bits per heavy atom. The minimum Gasteiger partial charge on any atom is -0.455 e. The Bertz CT molecular complexity index is 3740. The van der Waals surface area contributed by atoms with E-state index in [2.05, 4.69) is 208 Å². The van der Waals surface area contributed by atoms with Gasteiger partial charge in [0.05, 0.1) is 0 Å². The molecule has 1 nitrogen and oxygen atoms in total. The molecule has 13 rings (SSSR count). The smallest absolute Gasteiger partial charge is 0.143 e. The van der Waals surface area contributed by atoms with Gasteiger partial charge in [-0.25, -0.2) is 0 Å². The van der Waals surface area contributed by atoms with Gasteiger partial charge in [-0.1, -0.05) is 202 Å². The Balaban J connectivity index is 1.08. The number of furan rings is 1. The molecule has 0 atom stereocenters. The van der Waals surface area contributed by atoms with E-state index in [4.69, 9.17) is 4.42 Å². The molecule has 0 radical (unpaired) electrons. The van der Waals surface area contributed by atoms with Crippen LogP contribution in [-0.4, -0.2) is 0 Å². The summed E-state index contributed by atoms with van der Waals surface area (Å²) in [5, 5.41) is 14.7. The maximum Gasteiger partial charge on any atom is 0.143 e. The summed E-state index contributed by atoms with van der Waals surface area (Å²) in [4.78, 5) is 0. The van der Waals surface area contributed by atoms with E-state index >= 15 is 0 Å². The lowest BCUT2D eigenvalue weighted by atomic mass is 9.82. The zero-order chi connectivity index (χ0) is 39.7. The van der Waals surface area contributed by atoms with E-state index in [1.165, 1.54) is 104 Å². The predicted molar refractivity (Wildman–Crippen MR) is 255 cm³/mol. The van der Waals surface area contributed by atoms with Crippen LogP contribution in [0, 0.1) is 0 Å². The van der Waals surface area contributed by atoms with Gasteiger partial charge in [0, 0.05) is 27.1 Å². The first-order valence-corrected chi connectivity index (χ1v) is 21.0. The Labute approximate surface area is 347 Å². The molecule has 0 fully saturated rings. The van der Waals surface area contributed by atoms with Crippen LogP contribution in [0.1, 0.15) is 25.0 Å². The van der Waals surface area contributed by atoms with Gasteiger partial charge in [0.25, 0.3) is 0 Å². The number of rotatable bonds is 3. The van der Waals surface area contributed by atoms with Crippen molar-refractivity contribution in [3.8, 4) is 44.5 Å². The molecule has 1 aliphatic rings. The van der Waals surface area contributed by atoms with E-state index in [1.807, 2.05) is 0 Å². The van der Waals surface area contributed by atoms with Crippen molar-refractivity contribution in [2.24, 2.45) is 0 Å². The van der Waals surface area contributed by atoms with E-state index in [1.54, 1.807) is 0 Å². The summed E-state index contributed by atoms with van der Waals surface area (Å²) in [6.07, 6.45) is 0. The van der Waals surface area contributed by atoms with E-state index < -0.39 is 0 Å². The Morgan fingerprint density at radius 3 is 1.43 bits per heavy atom.